The van der Waals surface area contributed by atoms with Crippen molar-refractivity contribution >= 4 is 6.41 Å². The maximum atomic E-state index is 9.75. The Balaban J connectivity index is 3.20. The summed E-state index contributed by atoms with van der Waals surface area (Å²) >= 11 is 0. The van der Waals surface area contributed by atoms with Crippen molar-refractivity contribution in [3.05, 3.63) is 6.92 Å². The van der Waals surface area contributed by atoms with Crippen molar-refractivity contribution in [1.82, 2.24) is 10.6 Å². The van der Waals surface area contributed by atoms with Crippen LogP contribution in [0.4, 0.5) is 0 Å². The van der Waals surface area contributed by atoms with E-state index in [1.165, 1.54) is 0 Å². The molecular formula is C5H11N2O. The van der Waals surface area contributed by atoms with Crippen molar-refractivity contribution in [2.75, 3.05) is 7.05 Å². The van der Waals surface area contributed by atoms with Gasteiger partial charge in [0.05, 0.1) is 6.17 Å². The summed E-state index contributed by atoms with van der Waals surface area (Å²) in [6.45, 7) is 3.59. The molecule has 0 aliphatic carbocycles. The molecule has 1 radical (unpaired) electrons. The van der Waals surface area contributed by atoms with Gasteiger partial charge in [-0.25, -0.2) is 0 Å². The summed E-state index contributed by atoms with van der Waals surface area (Å²) < 4.78 is 0. The van der Waals surface area contributed by atoms with Crippen molar-refractivity contribution in [2.24, 2.45) is 0 Å². The third kappa shape index (κ3) is 2.58. The van der Waals surface area contributed by atoms with Gasteiger partial charge in [0.2, 0.25) is 6.41 Å². The molecule has 0 rings (SSSR count). The Kier molecular flexibility index (Phi) is 4.26. The molecule has 0 aromatic carbocycles. The van der Waals surface area contributed by atoms with Gasteiger partial charge in [0.25, 0.3) is 0 Å². The molecule has 3 nitrogen and oxygen atoms in total. The van der Waals surface area contributed by atoms with Crippen molar-refractivity contribution < 1.29 is 4.79 Å². The Bertz CT molecular complexity index is 61.4. The standard InChI is InChI=1S/C5H11N2O/c1-3-5(6-2)7-4-8/h4-6H,1,3H2,2H3,(H,7,8). The Labute approximate surface area is 49.5 Å². The largest absolute Gasteiger partial charge is 0.343 e. The molecule has 1 amide bonds. The van der Waals surface area contributed by atoms with Gasteiger partial charge in [-0.1, -0.05) is 0 Å². The van der Waals surface area contributed by atoms with E-state index < -0.39 is 0 Å². The fourth-order valence-corrected chi connectivity index (χ4v) is 0.393. The molecule has 0 bridgehead atoms. The highest BCUT2D eigenvalue weighted by Gasteiger charge is 1.95. The zero-order valence-corrected chi connectivity index (χ0v) is 4.98. The van der Waals surface area contributed by atoms with Crippen molar-refractivity contribution in [2.45, 2.75) is 12.6 Å². The van der Waals surface area contributed by atoms with Crippen molar-refractivity contribution in [3.63, 3.8) is 0 Å². The molecule has 0 heterocycles. The highest BCUT2D eigenvalue weighted by molar-refractivity contribution is 5.46. The van der Waals surface area contributed by atoms with Crippen LogP contribution >= 0.6 is 0 Å². The lowest BCUT2D eigenvalue weighted by Gasteiger charge is -2.10. The van der Waals surface area contributed by atoms with Crippen LogP contribution in [0, 0.1) is 6.92 Å². The van der Waals surface area contributed by atoms with Gasteiger partial charge in [0.1, 0.15) is 0 Å². The number of hydrogen-bond donors (Lipinski definition) is 2. The van der Waals surface area contributed by atoms with Crippen LogP contribution in [0.1, 0.15) is 6.42 Å². The van der Waals surface area contributed by atoms with Crippen LogP contribution in [0.15, 0.2) is 0 Å². The second-order valence-electron chi connectivity index (χ2n) is 1.41. The van der Waals surface area contributed by atoms with Gasteiger partial charge in [0, 0.05) is 0 Å². The molecular weight excluding hydrogens is 104 g/mol. The van der Waals surface area contributed by atoms with Gasteiger partial charge in [-0.15, -0.1) is 0 Å². The van der Waals surface area contributed by atoms with E-state index in [0.717, 1.165) is 0 Å². The Morgan fingerprint density at radius 2 is 2.50 bits per heavy atom. The lowest BCUT2D eigenvalue weighted by molar-refractivity contribution is -0.110. The summed E-state index contributed by atoms with van der Waals surface area (Å²) in [6, 6.07) is 0. The number of rotatable bonds is 4. The molecule has 3 heteroatoms. The third-order valence-electron chi connectivity index (χ3n) is 0.906. The smallest absolute Gasteiger partial charge is 0.208 e. The summed E-state index contributed by atoms with van der Waals surface area (Å²) in [6.07, 6.45) is 1.34. The normalized spacial score (nSPS) is 12.8. The first kappa shape index (κ1) is 7.43. The molecule has 0 saturated heterocycles. The maximum Gasteiger partial charge on any atom is 0.208 e. The Hall–Kier alpha value is -0.570. The molecule has 2 N–H and O–H groups in total. The average Bonchev–Trinajstić information content (AvgIpc) is 1.83. The van der Waals surface area contributed by atoms with Gasteiger partial charge < -0.3 is 10.6 Å². The van der Waals surface area contributed by atoms with E-state index >= 15 is 0 Å². The molecule has 0 aliphatic rings. The van der Waals surface area contributed by atoms with Crippen LogP contribution < -0.4 is 10.6 Å². The summed E-state index contributed by atoms with van der Waals surface area (Å²) in [5.74, 6) is 0. The van der Waals surface area contributed by atoms with E-state index in [2.05, 4.69) is 17.6 Å². The lowest BCUT2D eigenvalue weighted by Crippen LogP contribution is -2.38. The number of hydrogen-bond acceptors (Lipinski definition) is 2. The molecule has 47 valence electrons. The van der Waals surface area contributed by atoms with Crippen LogP contribution in [0.25, 0.3) is 0 Å². The molecule has 1 atom stereocenters. The van der Waals surface area contributed by atoms with E-state index in [-0.39, 0.29) is 6.17 Å². The van der Waals surface area contributed by atoms with E-state index in [0.29, 0.717) is 12.8 Å². The molecule has 8 heavy (non-hydrogen) atoms. The third-order valence-corrected chi connectivity index (χ3v) is 0.906. The SMILES string of the molecule is [CH2]CC(NC)NC=O. The average molecular weight is 115 g/mol. The summed E-state index contributed by atoms with van der Waals surface area (Å²) in [5, 5.41) is 5.38. The topological polar surface area (TPSA) is 41.1 Å². The quantitative estimate of drug-likeness (QED) is 0.383. The lowest BCUT2D eigenvalue weighted by atomic mass is 10.4. The summed E-state index contributed by atoms with van der Waals surface area (Å²) in [7, 11) is 1.77. The molecule has 0 aliphatic heterocycles. The van der Waals surface area contributed by atoms with E-state index in [1.807, 2.05) is 0 Å². The molecule has 0 aromatic rings. The Morgan fingerprint density at radius 1 is 1.88 bits per heavy atom. The number of nitrogens with one attached hydrogen (secondary N) is 2. The summed E-state index contributed by atoms with van der Waals surface area (Å²) in [5.41, 5.74) is 0. The van der Waals surface area contributed by atoms with E-state index in [4.69, 9.17) is 0 Å². The van der Waals surface area contributed by atoms with E-state index in [9.17, 15) is 4.79 Å². The maximum absolute atomic E-state index is 9.75. The van der Waals surface area contributed by atoms with Gasteiger partial charge in [0.15, 0.2) is 0 Å². The fourth-order valence-electron chi connectivity index (χ4n) is 0.393. The minimum absolute atomic E-state index is 0.0208. The van der Waals surface area contributed by atoms with Gasteiger partial charge in [-0.3, -0.25) is 4.79 Å². The predicted molar refractivity (Wildman–Crippen MR) is 32.0 cm³/mol. The Morgan fingerprint density at radius 3 is 2.62 bits per heavy atom. The molecule has 0 aromatic heterocycles. The first-order chi connectivity index (χ1) is 3.85. The van der Waals surface area contributed by atoms with Gasteiger partial charge in [-0.05, 0) is 20.4 Å². The summed E-state index contributed by atoms with van der Waals surface area (Å²) in [4.78, 5) is 9.75. The molecule has 0 fully saturated rings. The highest BCUT2D eigenvalue weighted by Crippen LogP contribution is 1.78. The zero-order valence-electron chi connectivity index (χ0n) is 4.98. The second-order valence-corrected chi connectivity index (χ2v) is 1.41. The molecule has 0 saturated carbocycles. The minimum atomic E-state index is 0.0208. The monoisotopic (exact) mass is 115 g/mol. The van der Waals surface area contributed by atoms with E-state index in [1.54, 1.807) is 7.05 Å². The number of carbonyl (C=O) groups is 1. The minimum Gasteiger partial charge on any atom is -0.343 e. The number of carbonyl (C=O) groups excluding carboxylic acids is 1. The van der Waals surface area contributed by atoms with Crippen LogP contribution in [-0.2, 0) is 4.79 Å². The van der Waals surface area contributed by atoms with Crippen LogP contribution in [-0.4, -0.2) is 19.6 Å². The molecule has 0 spiro atoms. The number of amides is 1. The first-order valence-electron chi connectivity index (χ1n) is 2.51. The first-order valence-corrected chi connectivity index (χ1v) is 2.51. The second kappa shape index (κ2) is 4.59. The zero-order chi connectivity index (χ0) is 6.41. The van der Waals surface area contributed by atoms with Crippen molar-refractivity contribution in [3.8, 4) is 0 Å². The predicted octanol–water partition coefficient (Wildman–Crippen LogP) is -0.498. The van der Waals surface area contributed by atoms with Gasteiger partial charge >= 0.3 is 0 Å². The van der Waals surface area contributed by atoms with Crippen LogP contribution in [0.5, 0.6) is 0 Å². The van der Waals surface area contributed by atoms with Crippen molar-refractivity contribution in [1.29, 1.82) is 0 Å². The highest BCUT2D eigenvalue weighted by atomic mass is 16.1. The van der Waals surface area contributed by atoms with Crippen LogP contribution in [0.2, 0.25) is 0 Å². The fraction of sp³-hybridized carbons (Fsp3) is 0.600. The molecule has 1 unspecified atom stereocenters. The van der Waals surface area contributed by atoms with Gasteiger partial charge in [-0.2, -0.15) is 0 Å². The van der Waals surface area contributed by atoms with Crippen LogP contribution in [0.3, 0.4) is 0 Å².